The first-order valence-electron chi connectivity index (χ1n) is 7.31. The van der Waals surface area contributed by atoms with E-state index in [9.17, 15) is 9.35 Å². The van der Waals surface area contributed by atoms with Gasteiger partial charge in [0.15, 0.2) is 4.90 Å². The molecule has 116 valence electrons. The summed E-state index contributed by atoms with van der Waals surface area (Å²) in [5, 5.41) is 3.27. The lowest BCUT2D eigenvalue weighted by Gasteiger charge is -2.24. The van der Waals surface area contributed by atoms with Gasteiger partial charge in [-0.1, -0.05) is 0 Å². The van der Waals surface area contributed by atoms with Crippen molar-refractivity contribution in [3.05, 3.63) is 29.3 Å². The quantitative estimate of drug-likeness (QED) is 0.502. The number of nitrogens with zero attached hydrogens (tertiary/aromatic N) is 2. The van der Waals surface area contributed by atoms with Crippen molar-refractivity contribution in [2.24, 2.45) is 0 Å². The third-order valence-corrected chi connectivity index (χ3v) is 5.62. The molecule has 1 aromatic rings. The number of ether oxygens (including phenoxy) is 1. The van der Waals surface area contributed by atoms with E-state index in [1.807, 2.05) is 22.5 Å². The monoisotopic (exact) mass is 319 g/mol. The average Bonchev–Trinajstić information content (AvgIpc) is 3.12. The summed E-state index contributed by atoms with van der Waals surface area (Å²) in [5.74, 6) is 0.815. The summed E-state index contributed by atoms with van der Waals surface area (Å²) < 4.78 is 20.3. The smallest absolute Gasteiger partial charge is 0.210 e. The Bertz CT molecular complexity index is 631. The summed E-state index contributed by atoms with van der Waals surface area (Å²) in [6, 6.07) is 5.65. The molecule has 0 aliphatic carbocycles. The van der Waals surface area contributed by atoms with Gasteiger partial charge < -0.3 is 19.5 Å². The number of benzene rings is 1. The zero-order valence-electron chi connectivity index (χ0n) is 12.1. The van der Waals surface area contributed by atoms with E-state index in [2.05, 4.69) is 5.32 Å². The minimum Gasteiger partial charge on any atom is -0.593 e. The van der Waals surface area contributed by atoms with Crippen molar-refractivity contribution in [2.45, 2.75) is 4.90 Å². The number of anilines is 1. The fourth-order valence-corrected chi connectivity index (χ4v) is 4.39. The molecular weight excluding hydrogens is 302 g/mol. The molecule has 0 bridgehead atoms. The predicted octanol–water partition coefficient (Wildman–Crippen LogP) is 0.598. The van der Waals surface area contributed by atoms with Crippen LogP contribution < -0.4 is 10.1 Å². The van der Waals surface area contributed by atoms with Crippen molar-refractivity contribution >= 4 is 23.5 Å². The number of hydrogen-bond acceptors (Lipinski definition) is 5. The molecule has 0 saturated heterocycles. The molecule has 6 nitrogen and oxygen atoms in total. The van der Waals surface area contributed by atoms with Crippen molar-refractivity contribution in [1.29, 1.82) is 0 Å². The Balaban J connectivity index is 1.47. The van der Waals surface area contributed by atoms with Gasteiger partial charge in [-0.05, 0) is 23.3 Å². The molecule has 1 N–H and O–H groups in total. The molecule has 0 radical (unpaired) electrons. The van der Waals surface area contributed by atoms with E-state index in [1.165, 1.54) is 11.1 Å². The number of carbonyl (C=O) groups is 1. The largest absolute Gasteiger partial charge is 0.593 e. The summed E-state index contributed by atoms with van der Waals surface area (Å²) >= 11 is -1.19. The molecule has 22 heavy (non-hydrogen) atoms. The van der Waals surface area contributed by atoms with E-state index in [0.717, 1.165) is 29.3 Å². The van der Waals surface area contributed by atoms with Crippen LogP contribution >= 0.6 is 0 Å². The number of carbonyl (C=O) groups excluding carboxylic acids is 1. The van der Waals surface area contributed by atoms with Crippen molar-refractivity contribution < 1.29 is 14.1 Å². The Morgan fingerprint density at radius 1 is 1.23 bits per heavy atom. The SMILES string of the molecule is O=CN1CC2=C(C1)CN([S+]([O-])c1ccc3c(c1)NCCO3)C2. The normalized spacial score (nSPS) is 22.0. The Kier molecular flexibility index (Phi) is 3.48. The van der Waals surface area contributed by atoms with E-state index in [1.54, 1.807) is 4.90 Å². The first-order chi connectivity index (χ1) is 10.7. The second kappa shape index (κ2) is 5.49. The highest BCUT2D eigenvalue weighted by molar-refractivity contribution is 7.89. The van der Waals surface area contributed by atoms with Gasteiger partial charge in [-0.3, -0.25) is 4.79 Å². The minimum atomic E-state index is -1.19. The predicted molar refractivity (Wildman–Crippen MR) is 83.1 cm³/mol. The maximum atomic E-state index is 12.8. The fourth-order valence-electron chi connectivity index (χ4n) is 3.14. The summed E-state index contributed by atoms with van der Waals surface area (Å²) in [6.07, 6.45) is 0.884. The molecule has 0 saturated carbocycles. The van der Waals surface area contributed by atoms with Gasteiger partial charge in [0.25, 0.3) is 0 Å². The second-order valence-corrected chi connectivity index (χ2v) is 7.18. The zero-order chi connectivity index (χ0) is 15.1. The highest BCUT2D eigenvalue weighted by atomic mass is 32.2. The number of hydrogen-bond donors (Lipinski definition) is 1. The van der Waals surface area contributed by atoms with Gasteiger partial charge in [0, 0.05) is 25.7 Å². The Hall–Kier alpha value is -1.70. The maximum absolute atomic E-state index is 12.8. The Morgan fingerprint density at radius 2 is 2.00 bits per heavy atom. The molecule has 3 aliphatic heterocycles. The third-order valence-electron chi connectivity index (χ3n) is 4.23. The molecular formula is C15H17N3O3S. The van der Waals surface area contributed by atoms with Crippen LogP contribution in [0.3, 0.4) is 0 Å². The molecule has 1 aromatic carbocycles. The van der Waals surface area contributed by atoms with Gasteiger partial charge >= 0.3 is 0 Å². The topological polar surface area (TPSA) is 67.9 Å². The van der Waals surface area contributed by atoms with Crippen LogP contribution in [-0.2, 0) is 16.2 Å². The van der Waals surface area contributed by atoms with E-state index < -0.39 is 11.4 Å². The molecule has 3 heterocycles. The number of rotatable bonds is 3. The number of fused-ring (bicyclic) bond motifs is 1. The van der Waals surface area contributed by atoms with Crippen molar-refractivity contribution in [1.82, 2.24) is 9.21 Å². The third kappa shape index (κ3) is 2.35. The molecule has 1 amide bonds. The van der Waals surface area contributed by atoms with Crippen molar-refractivity contribution in [2.75, 3.05) is 44.6 Å². The molecule has 1 atom stereocenters. The van der Waals surface area contributed by atoms with E-state index in [4.69, 9.17) is 4.74 Å². The summed E-state index contributed by atoms with van der Waals surface area (Å²) in [5.41, 5.74) is 3.38. The first-order valence-corrected chi connectivity index (χ1v) is 8.42. The Morgan fingerprint density at radius 3 is 2.73 bits per heavy atom. The molecule has 0 aromatic heterocycles. The van der Waals surface area contributed by atoms with Crippen LogP contribution in [0.2, 0.25) is 0 Å². The molecule has 7 heteroatoms. The van der Waals surface area contributed by atoms with E-state index in [0.29, 0.717) is 32.8 Å². The lowest BCUT2D eigenvalue weighted by Crippen LogP contribution is -2.33. The zero-order valence-corrected chi connectivity index (χ0v) is 12.9. The minimum absolute atomic E-state index is 0.658. The highest BCUT2D eigenvalue weighted by Gasteiger charge is 2.36. The molecule has 0 spiro atoms. The van der Waals surface area contributed by atoms with Crippen LogP contribution in [0, 0.1) is 0 Å². The van der Waals surface area contributed by atoms with Gasteiger partial charge in [0.1, 0.15) is 12.4 Å². The highest BCUT2D eigenvalue weighted by Crippen LogP contribution is 2.33. The lowest BCUT2D eigenvalue weighted by molar-refractivity contribution is -0.117. The Labute approximate surface area is 132 Å². The fraction of sp³-hybridized carbons (Fsp3) is 0.400. The molecule has 4 rings (SSSR count). The van der Waals surface area contributed by atoms with Gasteiger partial charge in [0.2, 0.25) is 6.41 Å². The van der Waals surface area contributed by atoms with Crippen LogP contribution in [0.1, 0.15) is 0 Å². The molecule has 0 fully saturated rings. The van der Waals surface area contributed by atoms with Crippen LogP contribution in [-0.4, -0.2) is 59.5 Å². The van der Waals surface area contributed by atoms with Crippen LogP contribution in [0.4, 0.5) is 5.69 Å². The van der Waals surface area contributed by atoms with Gasteiger partial charge in [-0.2, -0.15) is 0 Å². The van der Waals surface area contributed by atoms with Gasteiger partial charge in [-0.25, -0.2) is 0 Å². The summed E-state index contributed by atoms with van der Waals surface area (Å²) in [6.45, 7) is 4.12. The molecule has 1 unspecified atom stereocenters. The van der Waals surface area contributed by atoms with Gasteiger partial charge in [0.05, 0.1) is 30.1 Å². The number of amides is 1. The number of nitrogens with one attached hydrogen (secondary N) is 1. The molecule has 3 aliphatic rings. The standard InChI is InChI=1S/C15H17N3O3S/c19-10-17-6-11-8-18(9-12(11)7-17)22(20)13-1-2-15-14(5-13)16-3-4-21-15/h1-2,5,10,16H,3-4,6-9H2. The maximum Gasteiger partial charge on any atom is 0.210 e. The summed E-state index contributed by atoms with van der Waals surface area (Å²) in [7, 11) is 0. The van der Waals surface area contributed by atoms with Gasteiger partial charge in [-0.15, -0.1) is 4.31 Å². The van der Waals surface area contributed by atoms with Crippen molar-refractivity contribution in [3.63, 3.8) is 0 Å². The lowest BCUT2D eigenvalue weighted by atomic mass is 10.2. The second-order valence-electron chi connectivity index (χ2n) is 5.70. The van der Waals surface area contributed by atoms with Crippen LogP contribution in [0.15, 0.2) is 34.2 Å². The van der Waals surface area contributed by atoms with Crippen LogP contribution in [0.5, 0.6) is 5.75 Å². The van der Waals surface area contributed by atoms with Crippen LogP contribution in [0.25, 0.3) is 0 Å². The van der Waals surface area contributed by atoms with Crippen molar-refractivity contribution in [3.8, 4) is 5.75 Å². The average molecular weight is 319 g/mol. The van der Waals surface area contributed by atoms with E-state index in [-0.39, 0.29) is 0 Å². The van der Waals surface area contributed by atoms with E-state index >= 15 is 0 Å². The first kappa shape index (κ1) is 13.9. The summed E-state index contributed by atoms with van der Waals surface area (Å²) in [4.78, 5) is 13.4.